The summed E-state index contributed by atoms with van der Waals surface area (Å²) in [5.74, 6) is 0.200. The van der Waals surface area contributed by atoms with Crippen LogP contribution in [0.3, 0.4) is 0 Å². The topological polar surface area (TPSA) is 95.2 Å². The second kappa shape index (κ2) is 8.87. The summed E-state index contributed by atoms with van der Waals surface area (Å²) in [6.07, 6.45) is 1.70. The Bertz CT molecular complexity index is 1470. The molecule has 0 bridgehead atoms. The average Bonchev–Trinajstić information content (AvgIpc) is 3.51. The molecule has 1 fully saturated rings. The first-order valence-corrected chi connectivity index (χ1v) is 12.8. The van der Waals surface area contributed by atoms with Crippen LogP contribution in [0.2, 0.25) is 5.02 Å². The van der Waals surface area contributed by atoms with Crippen LogP contribution in [-0.4, -0.2) is 41.7 Å². The zero-order chi connectivity index (χ0) is 23.9. The summed E-state index contributed by atoms with van der Waals surface area (Å²) in [6, 6.07) is 17.5. The minimum absolute atomic E-state index is 0.129. The molecule has 174 valence electrons. The molecule has 2 heterocycles. The second-order valence-electron chi connectivity index (χ2n) is 8.34. The lowest BCUT2D eigenvalue weighted by molar-refractivity contribution is 0.102. The van der Waals surface area contributed by atoms with E-state index >= 15 is 0 Å². The van der Waals surface area contributed by atoms with E-state index in [1.807, 2.05) is 24.3 Å². The Morgan fingerprint density at radius 2 is 1.82 bits per heavy atom. The summed E-state index contributed by atoms with van der Waals surface area (Å²) in [6.45, 7) is 2.79. The molecule has 0 saturated carbocycles. The fraction of sp³-hybridized carbons (Fsp3) is 0.200. The third kappa shape index (κ3) is 4.20. The van der Waals surface area contributed by atoms with Gasteiger partial charge < -0.3 is 10.3 Å². The lowest BCUT2D eigenvalue weighted by atomic mass is 10.1. The van der Waals surface area contributed by atoms with Crippen LogP contribution in [0.4, 0.5) is 5.69 Å². The lowest BCUT2D eigenvalue weighted by Gasteiger charge is -2.17. The number of fused-ring (bicyclic) bond motifs is 1. The van der Waals surface area contributed by atoms with E-state index in [-0.39, 0.29) is 4.90 Å². The molecule has 9 heteroatoms. The van der Waals surface area contributed by atoms with Crippen molar-refractivity contribution in [2.45, 2.75) is 24.7 Å². The smallest absolute Gasteiger partial charge is 0.255 e. The van der Waals surface area contributed by atoms with E-state index in [2.05, 4.69) is 15.3 Å². The molecule has 1 aromatic heterocycles. The van der Waals surface area contributed by atoms with E-state index in [1.54, 1.807) is 37.3 Å². The van der Waals surface area contributed by atoms with Crippen molar-refractivity contribution in [2.24, 2.45) is 0 Å². The van der Waals surface area contributed by atoms with Gasteiger partial charge in [-0.25, -0.2) is 13.4 Å². The van der Waals surface area contributed by atoms with Gasteiger partial charge in [0.15, 0.2) is 0 Å². The molecule has 4 aromatic rings. The van der Waals surface area contributed by atoms with Crippen molar-refractivity contribution < 1.29 is 13.2 Å². The van der Waals surface area contributed by atoms with Gasteiger partial charge in [-0.05, 0) is 67.8 Å². The molecule has 1 aliphatic rings. The largest absolute Gasteiger partial charge is 0.338 e. The van der Waals surface area contributed by atoms with Crippen LogP contribution in [0.25, 0.3) is 22.4 Å². The van der Waals surface area contributed by atoms with Crippen molar-refractivity contribution in [3.05, 3.63) is 76.8 Å². The summed E-state index contributed by atoms with van der Waals surface area (Å²) in [5, 5.41) is 3.36. The first-order valence-electron chi connectivity index (χ1n) is 11.0. The monoisotopic (exact) mass is 494 g/mol. The molecule has 7 nitrogen and oxygen atoms in total. The number of sulfonamides is 1. The third-order valence-corrected chi connectivity index (χ3v) is 8.25. The number of aromatic nitrogens is 2. The summed E-state index contributed by atoms with van der Waals surface area (Å²) in [5.41, 5.74) is 3.86. The Morgan fingerprint density at radius 1 is 1.06 bits per heavy atom. The van der Waals surface area contributed by atoms with E-state index in [4.69, 9.17) is 11.6 Å². The average molecular weight is 495 g/mol. The maximum absolute atomic E-state index is 13.1. The van der Waals surface area contributed by atoms with Gasteiger partial charge in [0.1, 0.15) is 5.82 Å². The highest BCUT2D eigenvalue weighted by molar-refractivity contribution is 7.89. The number of carbonyl (C=O) groups is 1. The van der Waals surface area contributed by atoms with Crippen molar-refractivity contribution in [1.29, 1.82) is 0 Å². The van der Waals surface area contributed by atoms with E-state index in [0.717, 1.165) is 23.9 Å². The molecule has 1 amide bonds. The van der Waals surface area contributed by atoms with Gasteiger partial charge in [0, 0.05) is 29.9 Å². The summed E-state index contributed by atoms with van der Waals surface area (Å²) < 4.78 is 27.4. The zero-order valence-corrected chi connectivity index (χ0v) is 20.1. The van der Waals surface area contributed by atoms with Crippen molar-refractivity contribution in [3.63, 3.8) is 0 Å². The predicted molar refractivity (Wildman–Crippen MR) is 134 cm³/mol. The van der Waals surface area contributed by atoms with Crippen LogP contribution < -0.4 is 5.32 Å². The Hall–Kier alpha value is -3.20. The third-order valence-electron chi connectivity index (χ3n) is 6.03. The molecule has 2 N–H and O–H groups in total. The van der Waals surface area contributed by atoms with Crippen LogP contribution in [-0.2, 0) is 10.0 Å². The minimum atomic E-state index is -3.62. The lowest BCUT2D eigenvalue weighted by Crippen LogP contribution is -2.28. The number of aryl methyl sites for hydroxylation is 1. The quantitative estimate of drug-likeness (QED) is 0.397. The standard InChI is InChI=1S/C25H23ClN4O3S/c1-16-8-10-18(34(32,33)30-12-4-5-13-30)15-19(16)25(31)27-17-9-11-21(26)20(14-17)24-28-22-6-2-3-7-23(22)29-24/h2-3,6-11,14-15H,4-5,12-13H2,1H3,(H,27,31)(H,28,29). The van der Waals surface area contributed by atoms with Crippen molar-refractivity contribution in [1.82, 2.24) is 14.3 Å². The highest BCUT2D eigenvalue weighted by Gasteiger charge is 2.28. The Morgan fingerprint density at radius 3 is 2.59 bits per heavy atom. The van der Waals surface area contributed by atoms with Crippen LogP contribution >= 0.6 is 11.6 Å². The van der Waals surface area contributed by atoms with E-state index in [0.29, 0.717) is 46.3 Å². The van der Waals surface area contributed by atoms with Gasteiger partial charge in [-0.2, -0.15) is 4.31 Å². The van der Waals surface area contributed by atoms with Crippen LogP contribution in [0, 0.1) is 6.92 Å². The molecule has 0 atom stereocenters. The van der Waals surface area contributed by atoms with Gasteiger partial charge in [0.05, 0.1) is 21.0 Å². The molecule has 0 radical (unpaired) electrons. The number of amides is 1. The van der Waals surface area contributed by atoms with Crippen molar-refractivity contribution >= 4 is 44.3 Å². The molecule has 5 rings (SSSR count). The molecule has 0 aliphatic carbocycles. The highest BCUT2D eigenvalue weighted by Crippen LogP contribution is 2.31. The van der Waals surface area contributed by atoms with E-state index in [9.17, 15) is 13.2 Å². The Labute approximate surface area is 202 Å². The number of hydrogen-bond donors (Lipinski definition) is 2. The minimum Gasteiger partial charge on any atom is -0.338 e. The van der Waals surface area contributed by atoms with Gasteiger partial charge >= 0.3 is 0 Å². The first-order chi connectivity index (χ1) is 16.3. The van der Waals surface area contributed by atoms with E-state index < -0.39 is 15.9 Å². The van der Waals surface area contributed by atoms with Gasteiger partial charge in [-0.3, -0.25) is 4.79 Å². The Balaban J connectivity index is 1.44. The van der Waals surface area contributed by atoms with Crippen LogP contribution in [0.1, 0.15) is 28.8 Å². The highest BCUT2D eigenvalue weighted by atomic mass is 35.5. The van der Waals surface area contributed by atoms with Gasteiger partial charge in [0.25, 0.3) is 5.91 Å². The van der Waals surface area contributed by atoms with Gasteiger partial charge in [0.2, 0.25) is 10.0 Å². The normalized spacial score (nSPS) is 14.5. The number of nitrogens with zero attached hydrogens (tertiary/aromatic N) is 2. The molecule has 3 aromatic carbocycles. The van der Waals surface area contributed by atoms with Crippen molar-refractivity contribution in [2.75, 3.05) is 18.4 Å². The number of carbonyl (C=O) groups excluding carboxylic acids is 1. The molecular formula is C25H23ClN4O3S. The maximum atomic E-state index is 13.1. The summed E-state index contributed by atoms with van der Waals surface area (Å²) in [4.78, 5) is 21.1. The Kier molecular flexibility index (Phi) is 5.89. The summed E-state index contributed by atoms with van der Waals surface area (Å²) in [7, 11) is -3.62. The van der Waals surface area contributed by atoms with Gasteiger partial charge in [-0.15, -0.1) is 0 Å². The number of halogens is 1. The maximum Gasteiger partial charge on any atom is 0.255 e. The molecule has 0 unspecified atom stereocenters. The fourth-order valence-corrected chi connectivity index (χ4v) is 5.90. The number of benzene rings is 3. The molecule has 0 spiro atoms. The summed E-state index contributed by atoms with van der Waals surface area (Å²) >= 11 is 6.43. The second-order valence-corrected chi connectivity index (χ2v) is 10.7. The van der Waals surface area contributed by atoms with Gasteiger partial charge in [-0.1, -0.05) is 29.8 Å². The number of H-pyrrole nitrogens is 1. The predicted octanol–water partition coefficient (Wildman–Crippen LogP) is 5.23. The fourth-order valence-electron chi connectivity index (χ4n) is 4.15. The number of rotatable bonds is 5. The van der Waals surface area contributed by atoms with Crippen LogP contribution in [0.5, 0.6) is 0 Å². The zero-order valence-electron chi connectivity index (χ0n) is 18.5. The SMILES string of the molecule is Cc1ccc(S(=O)(=O)N2CCCC2)cc1C(=O)Nc1ccc(Cl)c(-c2nc3ccccc3[nH]2)c1. The molecule has 1 saturated heterocycles. The number of anilines is 1. The number of para-hydroxylation sites is 2. The first kappa shape index (κ1) is 22.6. The number of hydrogen-bond acceptors (Lipinski definition) is 4. The molecule has 1 aliphatic heterocycles. The van der Waals surface area contributed by atoms with Crippen molar-refractivity contribution in [3.8, 4) is 11.4 Å². The van der Waals surface area contributed by atoms with E-state index in [1.165, 1.54) is 10.4 Å². The number of imidazole rings is 1. The number of nitrogens with one attached hydrogen (secondary N) is 2. The molecular weight excluding hydrogens is 472 g/mol. The number of aromatic amines is 1. The molecule has 34 heavy (non-hydrogen) atoms. The van der Waals surface area contributed by atoms with Crippen LogP contribution in [0.15, 0.2) is 65.6 Å².